The van der Waals surface area contributed by atoms with Gasteiger partial charge < -0.3 is 10.4 Å². The van der Waals surface area contributed by atoms with Gasteiger partial charge in [-0.2, -0.15) is 0 Å². The Morgan fingerprint density at radius 1 is 1.11 bits per heavy atom. The van der Waals surface area contributed by atoms with Gasteiger partial charge in [-0.05, 0) is 32.1 Å². The Morgan fingerprint density at radius 3 is 2.32 bits per heavy atom. The standard InChI is InChI=1S/C15H27NO3/c1-2-15(10-6-7-11-15)14(19)16-12-8-4-3-5-9-13(17)18/h2-12H2,1H3,(H,16,19)(H,17,18). The van der Waals surface area contributed by atoms with E-state index in [9.17, 15) is 9.59 Å². The lowest BCUT2D eigenvalue weighted by Gasteiger charge is -2.26. The van der Waals surface area contributed by atoms with Crippen molar-refractivity contribution in [2.24, 2.45) is 5.41 Å². The first kappa shape index (κ1) is 16.0. The smallest absolute Gasteiger partial charge is 0.303 e. The molecule has 0 atom stereocenters. The zero-order valence-electron chi connectivity index (χ0n) is 12.0. The van der Waals surface area contributed by atoms with Crippen LogP contribution in [-0.2, 0) is 9.59 Å². The van der Waals surface area contributed by atoms with Crippen LogP contribution in [0.1, 0.15) is 71.1 Å². The Labute approximate surface area is 116 Å². The molecule has 19 heavy (non-hydrogen) atoms. The largest absolute Gasteiger partial charge is 0.481 e. The fourth-order valence-electron chi connectivity index (χ4n) is 2.94. The van der Waals surface area contributed by atoms with Gasteiger partial charge in [0, 0.05) is 18.4 Å². The molecule has 2 N–H and O–H groups in total. The number of carbonyl (C=O) groups is 2. The predicted molar refractivity (Wildman–Crippen MR) is 74.9 cm³/mol. The second-order valence-electron chi connectivity index (χ2n) is 5.65. The molecule has 1 fully saturated rings. The van der Waals surface area contributed by atoms with Gasteiger partial charge in [0.05, 0.1) is 0 Å². The van der Waals surface area contributed by atoms with Crippen molar-refractivity contribution in [2.45, 2.75) is 71.1 Å². The first-order valence-corrected chi connectivity index (χ1v) is 7.61. The molecule has 0 aliphatic heterocycles. The van der Waals surface area contributed by atoms with E-state index in [0.29, 0.717) is 0 Å². The molecule has 0 radical (unpaired) electrons. The third kappa shape index (κ3) is 5.21. The van der Waals surface area contributed by atoms with Crippen LogP contribution >= 0.6 is 0 Å². The minimum atomic E-state index is -0.723. The van der Waals surface area contributed by atoms with Gasteiger partial charge >= 0.3 is 5.97 Å². The Hall–Kier alpha value is -1.06. The van der Waals surface area contributed by atoms with E-state index in [-0.39, 0.29) is 17.7 Å². The fourth-order valence-corrected chi connectivity index (χ4v) is 2.94. The molecular weight excluding hydrogens is 242 g/mol. The minimum absolute atomic E-state index is 0.0939. The van der Waals surface area contributed by atoms with Gasteiger partial charge in [-0.25, -0.2) is 0 Å². The molecule has 0 bridgehead atoms. The topological polar surface area (TPSA) is 66.4 Å². The Kier molecular flexibility index (Phi) is 6.89. The third-order valence-corrected chi connectivity index (χ3v) is 4.32. The van der Waals surface area contributed by atoms with Gasteiger partial charge in [-0.1, -0.05) is 32.6 Å². The summed E-state index contributed by atoms with van der Waals surface area (Å²) in [4.78, 5) is 22.5. The normalized spacial score (nSPS) is 17.3. The molecule has 4 nitrogen and oxygen atoms in total. The van der Waals surface area contributed by atoms with Crippen LogP contribution in [0.25, 0.3) is 0 Å². The van der Waals surface area contributed by atoms with Crippen LogP contribution in [0.4, 0.5) is 0 Å². The molecule has 4 heteroatoms. The lowest BCUT2D eigenvalue weighted by molar-refractivity contribution is -0.137. The van der Waals surface area contributed by atoms with E-state index in [1.807, 2.05) is 0 Å². The van der Waals surface area contributed by atoms with Crippen LogP contribution in [0.3, 0.4) is 0 Å². The van der Waals surface area contributed by atoms with E-state index >= 15 is 0 Å². The second-order valence-corrected chi connectivity index (χ2v) is 5.65. The molecule has 0 unspecified atom stereocenters. The number of carboxylic acids is 1. The number of hydrogen-bond acceptors (Lipinski definition) is 2. The zero-order valence-corrected chi connectivity index (χ0v) is 12.0. The highest BCUT2D eigenvalue weighted by Crippen LogP contribution is 2.40. The number of unbranched alkanes of at least 4 members (excludes halogenated alkanes) is 3. The summed E-state index contributed by atoms with van der Waals surface area (Å²) >= 11 is 0. The maximum absolute atomic E-state index is 12.2. The molecular formula is C15H27NO3. The van der Waals surface area contributed by atoms with Crippen molar-refractivity contribution in [3.8, 4) is 0 Å². The average Bonchev–Trinajstić information content (AvgIpc) is 2.87. The monoisotopic (exact) mass is 269 g/mol. The van der Waals surface area contributed by atoms with Crippen molar-refractivity contribution in [1.29, 1.82) is 0 Å². The number of carbonyl (C=O) groups excluding carboxylic acids is 1. The quantitative estimate of drug-likeness (QED) is 0.632. The van der Waals surface area contributed by atoms with E-state index in [2.05, 4.69) is 12.2 Å². The maximum Gasteiger partial charge on any atom is 0.303 e. The molecule has 1 amide bonds. The van der Waals surface area contributed by atoms with Crippen molar-refractivity contribution in [2.75, 3.05) is 6.54 Å². The molecule has 110 valence electrons. The Morgan fingerprint density at radius 2 is 1.74 bits per heavy atom. The molecule has 1 saturated carbocycles. The van der Waals surface area contributed by atoms with E-state index in [0.717, 1.165) is 51.5 Å². The number of aliphatic carboxylic acids is 1. The third-order valence-electron chi connectivity index (χ3n) is 4.32. The van der Waals surface area contributed by atoms with Gasteiger partial charge in [-0.3, -0.25) is 9.59 Å². The summed E-state index contributed by atoms with van der Waals surface area (Å²) in [7, 11) is 0. The van der Waals surface area contributed by atoms with E-state index in [1.54, 1.807) is 0 Å². The molecule has 1 aliphatic carbocycles. The highest BCUT2D eigenvalue weighted by atomic mass is 16.4. The lowest BCUT2D eigenvalue weighted by Crippen LogP contribution is -2.39. The summed E-state index contributed by atoms with van der Waals surface area (Å²) in [5.74, 6) is -0.488. The summed E-state index contributed by atoms with van der Waals surface area (Å²) in [6.45, 7) is 2.84. The molecule has 1 aliphatic rings. The van der Waals surface area contributed by atoms with E-state index in [4.69, 9.17) is 5.11 Å². The molecule has 0 aromatic carbocycles. The van der Waals surface area contributed by atoms with Crippen LogP contribution in [0.2, 0.25) is 0 Å². The molecule has 0 saturated heterocycles. The van der Waals surface area contributed by atoms with Crippen LogP contribution in [-0.4, -0.2) is 23.5 Å². The summed E-state index contributed by atoms with van der Waals surface area (Å²) < 4.78 is 0. The summed E-state index contributed by atoms with van der Waals surface area (Å²) in [6, 6.07) is 0. The molecule has 1 rings (SSSR count). The van der Waals surface area contributed by atoms with Crippen LogP contribution < -0.4 is 5.32 Å². The lowest BCUT2D eigenvalue weighted by atomic mass is 9.82. The van der Waals surface area contributed by atoms with Gasteiger partial charge in [0.15, 0.2) is 0 Å². The summed E-state index contributed by atoms with van der Waals surface area (Å²) in [6.07, 6.45) is 9.23. The van der Waals surface area contributed by atoms with Crippen molar-refractivity contribution >= 4 is 11.9 Å². The van der Waals surface area contributed by atoms with Crippen molar-refractivity contribution in [3.63, 3.8) is 0 Å². The number of hydrogen-bond donors (Lipinski definition) is 2. The molecule has 0 aromatic rings. The highest BCUT2D eigenvalue weighted by molar-refractivity contribution is 5.82. The maximum atomic E-state index is 12.2. The number of amides is 1. The molecule has 0 spiro atoms. The van der Waals surface area contributed by atoms with Gasteiger partial charge in [0.25, 0.3) is 0 Å². The Bertz CT molecular complexity index is 296. The predicted octanol–water partition coefficient (Wildman–Crippen LogP) is 3.11. The van der Waals surface area contributed by atoms with Crippen LogP contribution in [0.5, 0.6) is 0 Å². The van der Waals surface area contributed by atoms with Crippen LogP contribution in [0, 0.1) is 5.41 Å². The molecule has 0 aromatic heterocycles. The first-order chi connectivity index (χ1) is 9.10. The van der Waals surface area contributed by atoms with Gasteiger partial charge in [0.2, 0.25) is 5.91 Å². The van der Waals surface area contributed by atoms with Crippen molar-refractivity contribution < 1.29 is 14.7 Å². The fraction of sp³-hybridized carbons (Fsp3) is 0.867. The summed E-state index contributed by atoms with van der Waals surface area (Å²) in [5.41, 5.74) is -0.0939. The van der Waals surface area contributed by atoms with Crippen molar-refractivity contribution in [1.82, 2.24) is 5.32 Å². The number of carboxylic acid groups (broad SMARTS) is 1. The van der Waals surface area contributed by atoms with Gasteiger partial charge in [-0.15, -0.1) is 0 Å². The van der Waals surface area contributed by atoms with E-state index < -0.39 is 5.97 Å². The minimum Gasteiger partial charge on any atom is -0.481 e. The first-order valence-electron chi connectivity index (χ1n) is 7.61. The Balaban J connectivity index is 2.08. The molecule has 0 heterocycles. The number of nitrogens with one attached hydrogen (secondary N) is 1. The SMILES string of the molecule is CCC1(C(=O)NCCCCCCC(=O)O)CCCC1. The van der Waals surface area contributed by atoms with Gasteiger partial charge in [0.1, 0.15) is 0 Å². The second kappa shape index (κ2) is 8.18. The van der Waals surface area contributed by atoms with Crippen molar-refractivity contribution in [3.05, 3.63) is 0 Å². The average molecular weight is 269 g/mol. The van der Waals surface area contributed by atoms with Crippen LogP contribution in [0.15, 0.2) is 0 Å². The highest BCUT2D eigenvalue weighted by Gasteiger charge is 2.38. The number of rotatable bonds is 9. The zero-order chi connectivity index (χ0) is 14.1. The summed E-state index contributed by atoms with van der Waals surface area (Å²) in [5, 5.41) is 11.6. The van der Waals surface area contributed by atoms with E-state index in [1.165, 1.54) is 12.8 Å².